The number of amides is 2. The molecule has 3 heterocycles. The van der Waals surface area contributed by atoms with Crippen LogP contribution in [0.15, 0.2) is 12.4 Å². The molecule has 2 fully saturated rings. The lowest BCUT2D eigenvalue weighted by atomic mass is 10.0. The zero-order valence-corrected chi connectivity index (χ0v) is 12.7. The summed E-state index contributed by atoms with van der Waals surface area (Å²) >= 11 is 0. The van der Waals surface area contributed by atoms with Gasteiger partial charge in [-0.3, -0.25) is 14.6 Å². The summed E-state index contributed by atoms with van der Waals surface area (Å²) < 4.78 is 0. The van der Waals surface area contributed by atoms with Gasteiger partial charge < -0.3 is 15.5 Å². The molecule has 2 aliphatic heterocycles. The van der Waals surface area contributed by atoms with Crippen molar-refractivity contribution in [1.29, 1.82) is 0 Å². The van der Waals surface area contributed by atoms with Crippen molar-refractivity contribution in [1.82, 2.24) is 14.9 Å². The van der Waals surface area contributed by atoms with E-state index >= 15 is 0 Å². The van der Waals surface area contributed by atoms with E-state index < -0.39 is 0 Å². The van der Waals surface area contributed by atoms with Gasteiger partial charge in [0.05, 0.1) is 24.0 Å². The van der Waals surface area contributed by atoms with E-state index in [0.29, 0.717) is 6.54 Å². The number of rotatable bonds is 3. The smallest absolute Gasteiger partial charge is 0.223 e. The van der Waals surface area contributed by atoms with Crippen LogP contribution >= 0.6 is 0 Å². The van der Waals surface area contributed by atoms with Crippen LogP contribution in [0, 0.1) is 12.8 Å². The van der Waals surface area contributed by atoms with Gasteiger partial charge in [-0.25, -0.2) is 4.98 Å². The van der Waals surface area contributed by atoms with Gasteiger partial charge in [0, 0.05) is 32.1 Å². The molecule has 0 bridgehead atoms. The fraction of sp³-hybridized carbons (Fsp3) is 0.600. The van der Waals surface area contributed by atoms with Gasteiger partial charge in [-0.15, -0.1) is 0 Å². The summed E-state index contributed by atoms with van der Waals surface area (Å²) in [6.45, 7) is 4.07. The standard InChI is InChI=1S/C15H21N5O2/c1-10-7-18-13(8-17-10)19-4-2-12(3-5-19)20-9-11(15(16)22)6-14(20)21/h7-8,11-12H,2-6,9H2,1H3,(H2,16,22). The molecule has 0 radical (unpaired) electrons. The second-order valence-electron chi connectivity index (χ2n) is 6.08. The van der Waals surface area contributed by atoms with E-state index in [1.54, 1.807) is 12.4 Å². The fourth-order valence-electron chi connectivity index (χ4n) is 3.23. The number of hydrogen-bond donors (Lipinski definition) is 1. The average Bonchev–Trinajstić information content (AvgIpc) is 2.91. The number of carbonyl (C=O) groups is 2. The Bertz CT molecular complexity index is 566. The van der Waals surface area contributed by atoms with E-state index in [1.165, 1.54) is 0 Å². The highest BCUT2D eigenvalue weighted by Gasteiger charge is 2.38. The molecule has 1 aromatic rings. The van der Waals surface area contributed by atoms with Gasteiger partial charge in [0.25, 0.3) is 0 Å². The molecule has 0 spiro atoms. The number of piperidine rings is 1. The largest absolute Gasteiger partial charge is 0.369 e. The molecule has 1 aromatic heterocycles. The highest BCUT2D eigenvalue weighted by molar-refractivity contribution is 5.88. The molecule has 7 nitrogen and oxygen atoms in total. The van der Waals surface area contributed by atoms with Gasteiger partial charge in [-0.2, -0.15) is 0 Å². The number of anilines is 1. The van der Waals surface area contributed by atoms with Crippen LogP contribution in [0.1, 0.15) is 25.0 Å². The lowest BCUT2D eigenvalue weighted by Gasteiger charge is -2.37. The van der Waals surface area contributed by atoms with Crippen molar-refractivity contribution in [2.75, 3.05) is 24.5 Å². The molecule has 2 amide bonds. The quantitative estimate of drug-likeness (QED) is 0.854. The Balaban J connectivity index is 1.59. The molecule has 22 heavy (non-hydrogen) atoms. The van der Waals surface area contributed by atoms with Gasteiger partial charge >= 0.3 is 0 Å². The summed E-state index contributed by atoms with van der Waals surface area (Å²) in [4.78, 5) is 36.0. The fourth-order valence-corrected chi connectivity index (χ4v) is 3.23. The van der Waals surface area contributed by atoms with E-state index in [2.05, 4.69) is 14.9 Å². The average molecular weight is 303 g/mol. The zero-order chi connectivity index (χ0) is 15.7. The first kappa shape index (κ1) is 14.7. The van der Waals surface area contributed by atoms with E-state index in [4.69, 9.17) is 5.73 Å². The van der Waals surface area contributed by atoms with Crippen LogP contribution in [0.2, 0.25) is 0 Å². The second-order valence-corrected chi connectivity index (χ2v) is 6.08. The van der Waals surface area contributed by atoms with Crippen LogP contribution in [0.3, 0.4) is 0 Å². The number of likely N-dealkylation sites (tertiary alicyclic amines) is 1. The van der Waals surface area contributed by atoms with Crippen molar-refractivity contribution in [3.63, 3.8) is 0 Å². The number of aromatic nitrogens is 2. The summed E-state index contributed by atoms with van der Waals surface area (Å²) in [7, 11) is 0. The summed E-state index contributed by atoms with van der Waals surface area (Å²) in [5.41, 5.74) is 6.22. The maximum Gasteiger partial charge on any atom is 0.223 e. The van der Waals surface area contributed by atoms with E-state index in [0.717, 1.165) is 37.4 Å². The maximum atomic E-state index is 12.1. The van der Waals surface area contributed by atoms with Crippen LogP contribution in [0.4, 0.5) is 5.82 Å². The lowest BCUT2D eigenvalue weighted by Crippen LogP contribution is -2.46. The summed E-state index contributed by atoms with van der Waals surface area (Å²) in [6.07, 6.45) is 5.58. The summed E-state index contributed by atoms with van der Waals surface area (Å²) in [5.74, 6) is 0.237. The third-order valence-corrected chi connectivity index (χ3v) is 4.56. The minimum Gasteiger partial charge on any atom is -0.369 e. The molecule has 2 N–H and O–H groups in total. The third kappa shape index (κ3) is 2.88. The van der Waals surface area contributed by atoms with Crippen LogP contribution in [0.5, 0.6) is 0 Å². The number of carbonyl (C=O) groups excluding carboxylic acids is 2. The van der Waals surface area contributed by atoms with Gasteiger partial charge in [0.1, 0.15) is 5.82 Å². The maximum absolute atomic E-state index is 12.1. The Labute approximate surface area is 129 Å². The highest BCUT2D eigenvalue weighted by Crippen LogP contribution is 2.26. The number of nitrogens with two attached hydrogens (primary N) is 1. The van der Waals surface area contributed by atoms with Gasteiger partial charge in [-0.1, -0.05) is 0 Å². The molecule has 0 aromatic carbocycles. The van der Waals surface area contributed by atoms with Crippen molar-refractivity contribution in [2.24, 2.45) is 11.7 Å². The van der Waals surface area contributed by atoms with E-state index in [-0.39, 0.29) is 30.2 Å². The van der Waals surface area contributed by atoms with Gasteiger partial charge in [0.2, 0.25) is 11.8 Å². The van der Waals surface area contributed by atoms with Gasteiger partial charge in [-0.05, 0) is 19.8 Å². The molecule has 1 atom stereocenters. The van der Waals surface area contributed by atoms with Crippen LogP contribution in [-0.2, 0) is 9.59 Å². The number of nitrogens with zero attached hydrogens (tertiary/aromatic N) is 4. The SMILES string of the molecule is Cc1cnc(N2CCC(N3CC(C(N)=O)CC3=O)CC2)cn1. The molecule has 7 heteroatoms. The predicted molar refractivity (Wildman–Crippen MR) is 81.0 cm³/mol. The monoisotopic (exact) mass is 303 g/mol. The number of aryl methyl sites for hydroxylation is 1. The number of hydrogen-bond acceptors (Lipinski definition) is 5. The molecule has 118 valence electrons. The Hall–Kier alpha value is -2.18. The van der Waals surface area contributed by atoms with E-state index in [9.17, 15) is 9.59 Å². The topological polar surface area (TPSA) is 92.4 Å². The van der Waals surface area contributed by atoms with Crippen LogP contribution in [-0.4, -0.2) is 52.4 Å². The molecule has 0 aliphatic carbocycles. The van der Waals surface area contributed by atoms with Crippen molar-refractivity contribution < 1.29 is 9.59 Å². The third-order valence-electron chi connectivity index (χ3n) is 4.56. The van der Waals surface area contributed by atoms with Crippen molar-refractivity contribution in [3.8, 4) is 0 Å². The first-order valence-electron chi connectivity index (χ1n) is 7.67. The number of primary amides is 1. The first-order valence-corrected chi connectivity index (χ1v) is 7.67. The molecular formula is C15H21N5O2. The minimum absolute atomic E-state index is 0.0531. The van der Waals surface area contributed by atoms with Crippen molar-refractivity contribution in [3.05, 3.63) is 18.1 Å². The molecule has 2 saturated heterocycles. The molecule has 1 unspecified atom stereocenters. The van der Waals surface area contributed by atoms with Crippen LogP contribution < -0.4 is 10.6 Å². The van der Waals surface area contributed by atoms with Crippen LogP contribution in [0.25, 0.3) is 0 Å². The molecule has 3 rings (SSSR count). The summed E-state index contributed by atoms with van der Waals surface area (Å²) in [5, 5.41) is 0. The normalized spacial score (nSPS) is 23.1. The second kappa shape index (κ2) is 5.90. The van der Waals surface area contributed by atoms with Gasteiger partial charge in [0.15, 0.2) is 0 Å². The minimum atomic E-state index is -0.372. The Morgan fingerprint density at radius 3 is 2.55 bits per heavy atom. The lowest BCUT2D eigenvalue weighted by molar-refractivity contribution is -0.130. The Morgan fingerprint density at radius 1 is 1.27 bits per heavy atom. The van der Waals surface area contributed by atoms with Crippen molar-refractivity contribution >= 4 is 17.6 Å². The predicted octanol–water partition coefficient (Wildman–Crippen LogP) is 0.0876. The Morgan fingerprint density at radius 2 is 2.00 bits per heavy atom. The zero-order valence-electron chi connectivity index (χ0n) is 12.7. The summed E-state index contributed by atoms with van der Waals surface area (Å²) in [6, 6.07) is 0.200. The molecular weight excluding hydrogens is 282 g/mol. The van der Waals surface area contributed by atoms with E-state index in [1.807, 2.05) is 11.8 Å². The highest BCUT2D eigenvalue weighted by atomic mass is 16.2. The van der Waals surface area contributed by atoms with Crippen molar-refractivity contribution in [2.45, 2.75) is 32.2 Å². The molecule has 2 aliphatic rings. The Kier molecular flexibility index (Phi) is 3.96. The molecule has 0 saturated carbocycles. The first-order chi connectivity index (χ1) is 10.5.